The van der Waals surface area contributed by atoms with Gasteiger partial charge in [-0.1, -0.05) is 18.2 Å². The molecule has 1 aliphatic carbocycles. The van der Waals surface area contributed by atoms with Crippen molar-refractivity contribution in [1.82, 2.24) is 4.90 Å². The molecule has 1 aliphatic rings. The summed E-state index contributed by atoms with van der Waals surface area (Å²) >= 11 is 0. The molecule has 1 aromatic carbocycles. The van der Waals surface area contributed by atoms with Crippen LogP contribution in [0.1, 0.15) is 29.5 Å². The Kier molecular flexibility index (Phi) is 3.04. The predicted octanol–water partition coefficient (Wildman–Crippen LogP) is 2.23. The van der Waals surface area contributed by atoms with Crippen molar-refractivity contribution in [2.24, 2.45) is 5.73 Å². The number of nitrogens with two attached hydrogens (primary N) is 1. The number of hydrogen-bond donors (Lipinski definition) is 1. The van der Waals surface area contributed by atoms with Gasteiger partial charge in [0.05, 0.1) is 0 Å². The minimum atomic E-state index is 0.120. The molecular weight excluding hydrogens is 196 g/mol. The maximum atomic E-state index is 6.11. The van der Waals surface area contributed by atoms with E-state index in [0.717, 1.165) is 13.1 Å². The van der Waals surface area contributed by atoms with Crippen LogP contribution in [0.2, 0.25) is 0 Å². The van der Waals surface area contributed by atoms with Gasteiger partial charge in [0.25, 0.3) is 0 Å². The van der Waals surface area contributed by atoms with Gasteiger partial charge in [0.15, 0.2) is 0 Å². The standard InChI is InChI=1S/C14H22N2/c1-11-4-5-13(8-12(11)2)9-16(3)10-14(15)6-7-14/h4-5,8H,6-7,9-10,15H2,1-3H3. The van der Waals surface area contributed by atoms with E-state index >= 15 is 0 Å². The number of rotatable bonds is 4. The second-order valence-corrected chi connectivity index (χ2v) is 5.45. The van der Waals surface area contributed by atoms with E-state index in [1.807, 2.05) is 0 Å². The molecular formula is C14H22N2. The van der Waals surface area contributed by atoms with Gasteiger partial charge in [0, 0.05) is 18.6 Å². The molecule has 0 amide bonds. The molecule has 1 fully saturated rings. The van der Waals surface area contributed by atoms with E-state index in [0.29, 0.717) is 0 Å². The van der Waals surface area contributed by atoms with Gasteiger partial charge in [-0.3, -0.25) is 0 Å². The highest BCUT2D eigenvalue weighted by atomic mass is 15.1. The lowest BCUT2D eigenvalue weighted by Gasteiger charge is -2.21. The van der Waals surface area contributed by atoms with Crippen molar-refractivity contribution >= 4 is 0 Å². The van der Waals surface area contributed by atoms with Crippen molar-refractivity contribution in [3.05, 3.63) is 34.9 Å². The van der Waals surface area contributed by atoms with Gasteiger partial charge in [-0.05, 0) is 50.4 Å². The van der Waals surface area contributed by atoms with Crippen LogP contribution in [0.5, 0.6) is 0 Å². The average molecular weight is 218 g/mol. The van der Waals surface area contributed by atoms with Crippen molar-refractivity contribution in [3.8, 4) is 0 Å². The van der Waals surface area contributed by atoms with Crippen LogP contribution in [0.4, 0.5) is 0 Å². The number of aryl methyl sites for hydroxylation is 2. The zero-order valence-corrected chi connectivity index (χ0v) is 10.6. The van der Waals surface area contributed by atoms with Gasteiger partial charge in [-0.2, -0.15) is 0 Å². The van der Waals surface area contributed by atoms with E-state index in [1.54, 1.807) is 0 Å². The molecule has 0 unspecified atom stereocenters. The molecule has 2 nitrogen and oxygen atoms in total. The molecule has 0 atom stereocenters. The average Bonchev–Trinajstić information content (AvgIpc) is 2.89. The Morgan fingerprint density at radius 2 is 1.94 bits per heavy atom. The third kappa shape index (κ3) is 2.83. The van der Waals surface area contributed by atoms with E-state index in [4.69, 9.17) is 5.73 Å². The lowest BCUT2D eigenvalue weighted by atomic mass is 10.1. The minimum absolute atomic E-state index is 0.120. The Bertz CT molecular complexity index is 380. The number of hydrogen-bond acceptors (Lipinski definition) is 2. The molecule has 2 heteroatoms. The molecule has 0 radical (unpaired) electrons. The third-order valence-electron chi connectivity index (χ3n) is 3.50. The topological polar surface area (TPSA) is 29.3 Å². The van der Waals surface area contributed by atoms with Gasteiger partial charge in [-0.15, -0.1) is 0 Å². The Morgan fingerprint density at radius 1 is 1.25 bits per heavy atom. The van der Waals surface area contributed by atoms with Crippen LogP contribution in [0, 0.1) is 13.8 Å². The lowest BCUT2D eigenvalue weighted by molar-refractivity contribution is 0.295. The normalized spacial score (nSPS) is 17.8. The van der Waals surface area contributed by atoms with Crippen LogP contribution in [-0.4, -0.2) is 24.0 Å². The first-order valence-electron chi connectivity index (χ1n) is 6.02. The van der Waals surface area contributed by atoms with E-state index in [2.05, 4.69) is 44.0 Å². The van der Waals surface area contributed by atoms with Gasteiger partial charge < -0.3 is 10.6 Å². The van der Waals surface area contributed by atoms with Crippen LogP contribution >= 0.6 is 0 Å². The van der Waals surface area contributed by atoms with Crippen molar-refractivity contribution in [2.45, 2.75) is 38.8 Å². The lowest BCUT2D eigenvalue weighted by Crippen LogP contribution is -2.36. The van der Waals surface area contributed by atoms with Crippen molar-refractivity contribution in [3.63, 3.8) is 0 Å². The fraction of sp³-hybridized carbons (Fsp3) is 0.571. The molecule has 0 aromatic heterocycles. The first-order chi connectivity index (χ1) is 7.48. The summed E-state index contributed by atoms with van der Waals surface area (Å²) in [6.07, 6.45) is 2.37. The third-order valence-corrected chi connectivity index (χ3v) is 3.50. The quantitative estimate of drug-likeness (QED) is 0.839. The summed E-state index contributed by atoms with van der Waals surface area (Å²) in [6.45, 7) is 6.34. The summed E-state index contributed by atoms with van der Waals surface area (Å²) < 4.78 is 0. The van der Waals surface area contributed by atoms with E-state index in [-0.39, 0.29) is 5.54 Å². The molecule has 2 N–H and O–H groups in total. The Labute approximate surface area is 98.4 Å². The van der Waals surface area contributed by atoms with E-state index in [9.17, 15) is 0 Å². The summed E-state index contributed by atoms with van der Waals surface area (Å²) in [6, 6.07) is 6.70. The summed E-state index contributed by atoms with van der Waals surface area (Å²) in [4.78, 5) is 2.33. The largest absolute Gasteiger partial charge is 0.324 e. The minimum Gasteiger partial charge on any atom is -0.324 e. The monoisotopic (exact) mass is 218 g/mol. The molecule has 2 rings (SSSR count). The Balaban J connectivity index is 1.95. The highest BCUT2D eigenvalue weighted by Gasteiger charge is 2.38. The summed E-state index contributed by atoms with van der Waals surface area (Å²) in [7, 11) is 2.15. The Hall–Kier alpha value is -0.860. The van der Waals surface area contributed by atoms with Crippen LogP contribution in [0.25, 0.3) is 0 Å². The highest BCUT2D eigenvalue weighted by Crippen LogP contribution is 2.32. The highest BCUT2D eigenvalue weighted by molar-refractivity contribution is 5.29. The molecule has 88 valence electrons. The first kappa shape index (κ1) is 11.6. The molecule has 1 aromatic rings. The SMILES string of the molecule is Cc1ccc(CN(C)CC2(N)CC2)cc1C. The maximum absolute atomic E-state index is 6.11. The second-order valence-electron chi connectivity index (χ2n) is 5.45. The van der Waals surface area contributed by atoms with Crippen LogP contribution in [0.15, 0.2) is 18.2 Å². The van der Waals surface area contributed by atoms with Crippen LogP contribution < -0.4 is 5.73 Å². The molecule has 0 spiro atoms. The number of benzene rings is 1. The van der Waals surface area contributed by atoms with Gasteiger partial charge in [0.1, 0.15) is 0 Å². The fourth-order valence-electron chi connectivity index (χ4n) is 2.13. The number of nitrogens with zero attached hydrogens (tertiary/aromatic N) is 1. The Morgan fingerprint density at radius 3 is 2.50 bits per heavy atom. The van der Waals surface area contributed by atoms with Crippen molar-refractivity contribution in [1.29, 1.82) is 0 Å². The zero-order valence-electron chi connectivity index (χ0n) is 10.6. The van der Waals surface area contributed by atoms with Gasteiger partial charge in [-0.25, -0.2) is 0 Å². The first-order valence-corrected chi connectivity index (χ1v) is 6.02. The predicted molar refractivity (Wildman–Crippen MR) is 68.4 cm³/mol. The zero-order chi connectivity index (χ0) is 11.8. The molecule has 16 heavy (non-hydrogen) atoms. The van der Waals surface area contributed by atoms with E-state index < -0.39 is 0 Å². The molecule has 1 saturated carbocycles. The summed E-state index contributed by atoms with van der Waals surface area (Å²) in [5, 5.41) is 0. The fourth-order valence-corrected chi connectivity index (χ4v) is 2.13. The smallest absolute Gasteiger partial charge is 0.0284 e. The van der Waals surface area contributed by atoms with Crippen LogP contribution in [-0.2, 0) is 6.54 Å². The van der Waals surface area contributed by atoms with Crippen molar-refractivity contribution < 1.29 is 0 Å². The second kappa shape index (κ2) is 4.19. The van der Waals surface area contributed by atoms with Gasteiger partial charge in [0.2, 0.25) is 0 Å². The van der Waals surface area contributed by atoms with E-state index in [1.165, 1.54) is 29.5 Å². The molecule has 0 aliphatic heterocycles. The van der Waals surface area contributed by atoms with Gasteiger partial charge >= 0.3 is 0 Å². The molecule has 0 bridgehead atoms. The maximum Gasteiger partial charge on any atom is 0.0284 e. The molecule has 0 saturated heterocycles. The van der Waals surface area contributed by atoms with Crippen LogP contribution in [0.3, 0.4) is 0 Å². The number of likely N-dealkylation sites (N-methyl/N-ethyl adjacent to an activating group) is 1. The van der Waals surface area contributed by atoms with Crippen molar-refractivity contribution in [2.75, 3.05) is 13.6 Å². The summed E-state index contributed by atoms with van der Waals surface area (Å²) in [5.41, 5.74) is 10.4. The molecule has 0 heterocycles. The summed E-state index contributed by atoms with van der Waals surface area (Å²) in [5.74, 6) is 0.